The van der Waals surface area contributed by atoms with Gasteiger partial charge in [-0.3, -0.25) is 14.7 Å². The molecule has 4 fully saturated rings. The summed E-state index contributed by atoms with van der Waals surface area (Å²) in [6, 6.07) is 4.36. The van der Waals surface area contributed by atoms with E-state index in [0.717, 1.165) is 12.8 Å². The molecule has 7 atom stereocenters. The third-order valence-electron chi connectivity index (χ3n) is 12.1. The lowest BCUT2D eigenvalue weighted by molar-refractivity contribution is -0.129. The van der Waals surface area contributed by atoms with Gasteiger partial charge in [0.05, 0.1) is 52.4 Å². The van der Waals surface area contributed by atoms with Gasteiger partial charge in [-0.25, -0.2) is 13.2 Å². The second-order valence-corrected chi connectivity index (χ2v) is 15.5. The first-order valence-corrected chi connectivity index (χ1v) is 18.6. The topological polar surface area (TPSA) is 128 Å². The number of nitriles is 1. The number of terminal acetylenes is 1. The molecule has 0 spiro atoms. The van der Waals surface area contributed by atoms with Gasteiger partial charge in [0.2, 0.25) is 5.91 Å². The van der Waals surface area contributed by atoms with Crippen molar-refractivity contribution in [2.24, 2.45) is 5.92 Å². The molecule has 0 saturated carbocycles. The number of anilines is 1. The van der Waals surface area contributed by atoms with Gasteiger partial charge in [0.25, 0.3) is 0 Å². The highest BCUT2D eigenvalue weighted by atomic mass is 19.1. The van der Waals surface area contributed by atoms with Gasteiger partial charge in [-0.15, -0.1) is 6.42 Å². The van der Waals surface area contributed by atoms with Crippen LogP contribution in [0.1, 0.15) is 67.3 Å². The van der Waals surface area contributed by atoms with Crippen LogP contribution < -0.4 is 9.64 Å². The van der Waals surface area contributed by atoms with Crippen molar-refractivity contribution in [2.75, 3.05) is 44.4 Å². The zero-order chi connectivity index (χ0) is 37.9. The van der Waals surface area contributed by atoms with E-state index >= 15 is 13.2 Å². The molecule has 3 aromatic rings. The molecule has 6 heterocycles. The number of nitrogens with zero attached hydrogens (tertiary/aromatic N) is 7. The van der Waals surface area contributed by atoms with Crippen LogP contribution in [-0.2, 0) is 16.0 Å². The van der Waals surface area contributed by atoms with Crippen molar-refractivity contribution >= 4 is 22.6 Å². The number of aliphatic hydroxyl groups excluding tert-OH is 1. The Balaban J connectivity index is 1.22. The highest BCUT2D eigenvalue weighted by Crippen LogP contribution is 2.43. The summed E-state index contributed by atoms with van der Waals surface area (Å²) >= 11 is 0. The smallest absolute Gasteiger partial charge is 0.319 e. The van der Waals surface area contributed by atoms with Gasteiger partial charge in [-0.1, -0.05) is 18.6 Å². The van der Waals surface area contributed by atoms with Crippen molar-refractivity contribution in [2.45, 2.75) is 87.3 Å². The van der Waals surface area contributed by atoms with Crippen LogP contribution in [0.25, 0.3) is 10.9 Å². The minimum Gasteiger partial charge on any atom is -0.461 e. The van der Waals surface area contributed by atoms with Crippen LogP contribution >= 0.6 is 0 Å². The number of rotatable bonds is 7. The normalized spacial score (nSPS) is 29.8. The Morgan fingerprint density at radius 3 is 2.74 bits per heavy atom. The fraction of sp³-hybridized carbons (Fsp3) is 0.525. The second-order valence-electron chi connectivity index (χ2n) is 15.5. The summed E-state index contributed by atoms with van der Waals surface area (Å²) in [5.74, 6) is -0.247. The third-order valence-corrected chi connectivity index (χ3v) is 12.1. The van der Waals surface area contributed by atoms with Crippen molar-refractivity contribution in [1.29, 1.82) is 5.26 Å². The molecular formula is C40H42F3N7O4. The summed E-state index contributed by atoms with van der Waals surface area (Å²) in [4.78, 5) is 32.6. The number of halogens is 3. The largest absolute Gasteiger partial charge is 0.461 e. The number of carbonyl (C=O) groups is 1. The van der Waals surface area contributed by atoms with Gasteiger partial charge in [0, 0.05) is 57.4 Å². The van der Waals surface area contributed by atoms with Crippen LogP contribution in [0, 0.1) is 41.2 Å². The van der Waals surface area contributed by atoms with Crippen molar-refractivity contribution in [1.82, 2.24) is 24.8 Å². The van der Waals surface area contributed by atoms with Crippen molar-refractivity contribution in [3.63, 3.8) is 0 Å². The number of aliphatic hydroxyl groups is 1. The molecule has 2 aromatic heterocycles. The molecule has 1 unspecified atom stereocenters. The Hall–Kier alpha value is -4.76. The zero-order valence-corrected chi connectivity index (χ0v) is 30.1. The van der Waals surface area contributed by atoms with Crippen LogP contribution in [0.2, 0.25) is 0 Å². The molecule has 2 bridgehead atoms. The molecule has 11 nitrogen and oxygen atoms in total. The molecule has 0 radical (unpaired) electrons. The Labute approximate surface area is 311 Å². The van der Waals surface area contributed by atoms with Crippen molar-refractivity contribution < 1.29 is 32.5 Å². The lowest BCUT2D eigenvalue weighted by Crippen LogP contribution is -2.56. The highest BCUT2D eigenvalue weighted by molar-refractivity contribution is 5.91. The number of hydrogen-bond donors (Lipinski definition) is 1. The molecule has 4 aliphatic heterocycles. The zero-order valence-electron chi connectivity index (χ0n) is 30.1. The molecule has 1 amide bonds. The second kappa shape index (κ2) is 14.1. The van der Waals surface area contributed by atoms with Crippen LogP contribution in [-0.4, -0.2) is 111 Å². The predicted octanol–water partition coefficient (Wildman–Crippen LogP) is 4.20. The number of fused-ring (bicyclic) bond motifs is 4. The third kappa shape index (κ3) is 6.14. The standard InChI is InChI=1S/C40H42F3N7O4/c1-4-28-31(42)7-6-22-13-27(51)14-29(34(22)28)36-35(43)37-30(17-45-36)38(48-19-26-12-23(16-44)32(20-48)50(26)33(52)5-2)47-39(46-37)54-21-40(3)15-24(41)18-49(40)25-8-10-53-11-9-25/h1,5-7,17,23-27,29,32,51H,2,8-15,18-21H2,3H3/t23?,24-,26-,27+,29-,32-,40+/m1/s1. The van der Waals surface area contributed by atoms with Gasteiger partial charge in [-0.2, -0.15) is 15.2 Å². The average molecular weight is 742 g/mol. The molecule has 1 aliphatic carbocycles. The Kier molecular flexibility index (Phi) is 9.49. The summed E-state index contributed by atoms with van der Waals surface area (Å²) in [5.41, 5.74) is 0.161. The number of carbonyl (C=O) groups excluding carboxylic acids is 1. The minimum absolute atomic E-state index is 0.00221. The van der Waals surface area contributed by atoms with E-state index in [1.807, 2.05) is 11.8 Å². The van der Waals surface area contributed by atoms with Crippen molar-refractivity contribution in [3.8, 4) is 24.4 Å². The molecule has 5 aliphatic rings. The number of aromatic nitrogens is 3. The summed E-state index contributed by atoms with van der Waals surface area (Å²) in [6.45, 7) is 7.63. The summed E-state index contributed by atoms with van der Waals surface area (Å²) in [6.07, 6.45) is 9.11. The van der Waals surface area contributed by atoms with E-state index in [0.29, 0.717) is 43.1 Å². The van der Waals surface area contributed by atoms with Crippen LogP contribution in [0.5, 0.6) is 6.01 Å². The van der Waals surface area contributed by atoms with E-state index in [1.165, 1.54) is 18.3 Å². The van der Waals surface area contributed by atoms with Crippen LogP contribution in [0.15, 0.2) is 31.0 Å². The molecule has 4 saturated heterocycles. The minimum atomic E-state index is -1.05. The molecule has 282 valence electrons. The quantitative estimate of drug-likeness (QED) is 0.278. The number of amides is 1. The first kappa shape index (κ1) is 36.2. The maximum Gasteiger partial charge on any atom is 0.319 e. The SMILES string of the molecule is C#Cc1c(F)ccc2c1[C@H](c1ncc3c(N4C[C@H]5CC(C#N)[C@@H](C4)N5C(=O)C=C)nc(OC[C@]4(C)C[C@@H](F)CN4C4CCOCC4)nc3c1F)C[C@@H](O)C2. The predicted molar refractivity (Wildman–Crippen MR) is 192 cm³/mol. The van der Waals surface area contributed by atoms with E-state index in [1.54, 1.807) is 11.0 Å². The van der Waals surface area contributed by atoms with Crippen molar-refractivity contribution in [3.05, 3.63) is 65.0 Å². The fourth-order valence-corrected chi connectivity index (χ4v) is 9.68. The molecular weight excluding hydrogens is 699 g/mol. The Morgan fingerprint density at radius 1 is 1.20 bits per heavy atom. The molecule has 14 heteroatoms. The van der Waals surface area contributed by atoms with E-state index in [-0.39, 0.29) is 85.1 Å². The average Bonchev–Trinajstić information content (AvgIpc) is 3.60. The maximum absolute atomic E-state index is 17.2. The van der Waals surface area contributed by atoms with E-state index in [4.69, 9.17) is 20.9 Å². The molecule has 54 heavy (non-hydrogen) atoms. The number of ether oxygens (including phenoxy) is 2. The van der Waals surface area contributed by atoms with Gasteiger partial charge in [-0.05, 0) is 62.3 Å². The first-order valence-electron chi connectivity index (χ1n) is 18.6. The number of alkyl halides is 1. The number of piperazine rings is 1. The van der Waals surface area contributed by atoms with Gasteiger partial charge >= 0.3 is 6.01 Å². The molecule has 1 aromatic carbocycles. The monoisotopic (exact) mass is 741 g/mol. The van der Waals surface area contributed by atoms with E-state index in [2.05, 4.69) is 33.4 Å². The van der Waals surface area contributed by atoms with Gasteiger partial charge < -0.3 is 24.4 Å². The highest BCUT2D eigenvalue weighted by Gasteiger charge is 2.49. The first-order chi connectivity index (χ1) is 26.0. The van der Waals surface area contributed by atoms with Gasteiger partial charge in [0.15, 0.2) is 5.82 Å². The lowest BCUT2D eigenvalue weighted by atomic mass is 9.77. The number of likely N-dealkylation sites (tertiary alicyclic amines) is 1. The fourth-order valence-electron chi connectivity index (χ4n) is 9.68. The Morgan fingerprint density at radius 2 is 2.00 bits per heavy atom. The van der Waals surface area contributed by atoms with Crippen LogP contribution in [0.3, 0.4) is 0 Å². The number of pyridine rings is 1. The summed E-state index contributed by atoms with van der Waals surface area (Å²) in [7, 11) is 0. The summed E-state index contributed by atoms with van der Waals surface area (Å²) in [5, 5.41) is 21.1. The van der Waals surface area contributed by atoms with E-state index < -0.39 is 47.3 Å². The number of hydrogen-bond acceptors (Lipinski definition) is 10. The van der Waals surface area contributed by atoms with E-state index in [9.17, 15) is 15.2 Å². The van der Waals surface area contributed by atoms with Gasteiger partial charge in [0.1, 0.15) is 29.9 Å². The lowest BCUT2D eigenvalue weighted by Gasteiger charge is -2.42. The maximum atomic E-state index is 17.2. The molecule has 1 N–H and O–H groups in total. The Bertz CT molecular complexity index is 2080. The van der Waals surface area contributed by atoms with Crippen LogP contribution in [0.4, 0.5) is 19.0 Å². The number of benzene rings is 1. The molecule has 8 rings (SSSR count). The summed E-state index contributed by atoms with van der Waals surface area (Å²) < 4.78 is 59.2.